The van der Waals surface area contributed by atoms with E-state index in [4.69, 9.17) is 52.7 Å². The summed E-state index contributed by atoms with van der Waals surface area (Å²) in [5, 5.41) is 51.9. The van der Waals surface area contributed by atoms with Crippen molar-refractivity contribution in [3.05, 3.63) is 170 Å². The number of nitrogens with zero attached hydrogens (tertiary/aromatic N) is 12. The van der Waals surface area contributed by atoms with Crippen molar-refractivity contribution in [1.82, 2.24) is 59.1 Å². The maximum absolute atomic E-state index is 13.0. The van der Waals surface area contributed by atoms with Gasteiger partial charge in [-0.3, -0.25) is 28.3 Å². The quantitative estimate of drug-likeness (QED) is 0.0232. The van der Waals surface area contributed by atoms with Gasteiger partial charge >= 0.3 is 19.1 Å². The van der Waals surface area contributed by atoms with Crippen LogP contribution in [0.1, 0.15) is 67.2 Å². The Morgan fingerprint density at radius 3 is 1.15 bits per heavy atom. The van der Waals surface area contributed by atoms with E-state index < -0.39 is 18.3 Å². The summed E-state index contributed by atoms with van der Waals surface area (Å²) in [4.78, 5) is 39.1. The average molecular weight is 1590 g/mol. The smallest absolute Gasteiger partial charge is 0.488 e. The van der Waals surface area contributed by atoms with Gasteiger partial charge in [0.15, 0.2) is 17.5 Å². The average Bonchev–Trinajstić information content (AvgIpc) is 4.57. The van der Waals surface area contributed by atoms with E-state index in [-0.39, 0.29) is 98.7 Å². The van der Waals surface area contributed by atoms with E-state index in [1.807, 2.05) is 45.4 Å². The van der Waals surface area contributed by atoms with Crippen LogP contribution in [0.2, 0.25) is 0 Å². The molecule has 0 spiro atoms. The molecule has 0 atom stereocenters. The van der Waals surface area contributed by atoms with Crippen molar-refractivity contribution in [3.63, 3.8) is 0 Å². The van der Waals surface area contributed by atoms with E-state index in [0.717, 1.165) is 16.7 Å². The number of aryl methyl sites for hydroxylation is 4. The number of benzene rings is 4. The Kier molecular flexibility index (Phi) is 41.8. The zero-order chi connectivity index (χ0) is 68.1. The minimum atomic E-state index is -1.46. The van der Waals surface area contributed by atoms with Crippen molar-refractivity contribution in [2.24, 2.45) is 33.9 Å². The maximum Gasteiger partial charge on any atom is 0.488 e. The van der Waals surface area contributed by atoms with E-state index in [1.165, 1.54) is 24.3 Å². The zero-order valence-corrected chi connectivity index (χ0v) is 59.2. The first-order chi connectivity index (χ1) is 43.1. The van der Waals surface area contributed by atoms with Crippen LogP contribution in [0.4, 0.5) is 13.2 Å². The van der Waals surface area contributed by atoms with Gasteiger partial charge in [-0.25, -0.2) is 33.1 Å². The van der Waals surface area contributed by atoms with Crippen LogP contribution in [0.5, 0.6) is 23.0 Å². The van der Waals surface area contributed by atoms with Gasteiger partial charge in [-0.2, -0.15) is 23.0 Å². The predicted molar refractivity (Wildman–Crippen MR) is 361 cm³/mol. The number of carbonyl (C=O) groups excluding carboxylic acids is 2. The first-order valence-corrected chi connectivity index (χ1v) is 29.1. The van der Waals surface area contributed by atoms with Crippen LogP contribution in [-0.2, 0) is 68.3 Å². The molecule has 6 N–H and O–H groups in total. The SMILES string of the molecule is CC(C)(C)OC(=O)CC/C(=C\F)CBr.Cn1cnc(-c2ccc(O)cc2)n1.Cn1cnc(-c2ccc(OC/C(=C/F)CCC(=O)OC(C)(C)C)cc2)n1.Cn1cnc(-c2ccc(OC/C(=C/F)CN)cc2)n1.Cn1cnc(Br)n1.OB(O)c1ccc(O)cc1.[B][BH3-].[CH3-].[W]. The molecular weight excluding hydrogens is 1510 g/mol. The summed E-state index contributed by atoms with van der Waals surface area (Å²) in [6.45, 7) is 11.2. The van der Waals surface area contributed by atoms with E-state index in [2.05, 4.69) is 72.2 Å². The molecular formula is C61H81B3Br2F3N13O10W-2. The molecule has 0 unspecified atom stereocenters. The third kappa shape index (κ3) is 37.0. The molecule has 0 aliphatic rings. The number of hydrogen-bond donors (Lipinski definition) is 5. The second-order valence-corrected chi connectivity index (χ2v) is 22.1. The van der Waals surface area contributed by atoms with Gasteiger partial charge in [-0.15, -0.1) is 5.10 Å². The molecule has 4 aromatic carbocycles. The van der Waals surface area contributed by atoms with Crippen LogP contribution in [0.15, 0.2) is 163 Å². The Morgan fingerprint density at radius 2 is 0.882 bits per heavy atom. The van der Waals surface area contributed by atoms with E-state index >= 15 is 0 Å². The first kappa shape index (κ1) is 85.3. The van der Waals surface area contributed by atoms with Gasteiger partial charge in [0, 0.05) is 96.2 Å². The number of nitrogens with two attached hydrogens (primary N) is 1. The molecule has 8 aromatic rings. The zero-order valence-electron chi connectivity index (χ0n) is 53.1. The molecule has 2 radical (unpaired) electrons. The molecule has 0 amide bonds. The van der Waals surface area contributed by atoms with Gasteiger partial charge in [0.1, 0.15) is 72.7 Å². The standard InChI is InChI=1S/C19H24FN3O3.C13H15FN4O.C10H16BrFO2.C9H9N3O.C6H7BO3.C3H4BrN3.CH3.B2H3.W/c1-19(2,3)26-17(24)10-5-14(11-20)12-25-16-8-6-15(7-9-16)18-21-13-23(4)22-18;1-18-9-16-13(17-18)11-2-4-12(5-3-11)19-8-10(6-14)7-15;1-10(2,3)14-9(13)5-4-8(6-11)7-12;1-12-6-10-9(11-12)7-2-4-8(13)5-3-7;8-6-3-1-5(2-4-6)7(9)10;1-7-2-5-3(4)6-7;;1-2;/h6-9,11,13H,5,10,12H2,1-4H3;2-6,9H,7-8,15H2,1H3;7H,4-6H2,1-3H3;2-6,13H,1H3;1-4,8-10H;2H,1H3;1H3;1H3;/q;;;;;;2*-1;/b14-11+;10-6+;8-7+;;;;;;. The summed E-state index contributed by atoms with van der Waals surface area (Å²) in [5.41, 5.74) is 8.74. The molecule has 93 heavy (non-hydrogen) atoms. The molecule has 0 saturated heterocycles. The fraction of sp³-hybridized carbons (Fsp3) is 0.328. The van der Waals surface area contributed by atoms with Gasteiger partial charge in [0.2, 0.25) is 4.73 Å². The van der Waals surface area contributed by atoms with E-state index in [1.54, 1.807) is 141 Å². The molecule has 0 saturated carbocycles. The van der Waals surface area contributed by atoms with Crippen molar-refractivity contribution in [1.29, 1.82) is 0 Å². The number of aromatic hydroxyl groups is 2. The number of phenolic OH excluding ortho intramolecular Hbond substituents is 2. The Bertz CT molecular complexity index is 3440. The Hall–Kier alpha value is -7.69. The molecule has 23 nitrogen and oxygen atoms in total. The number of allylic oxidation sites excluding steroid dienone is 1. The molecule has 0 aliphatic carbocycles. The summed E-state index contributed by atoms with van der Waals surface area (Å²) < 4.78 is 65.9. The first-order valence-electron chi connectivity index (χ1n) is 27.2. The summed E-state index contributed by atoms with van der Waals surface area (Å²) in [5.74, 6) is 2.91. The molecule has 4 heterocycles. The van der Waals surface area contributed by atoms with Gasteiger partial charge in [-0.1, -0.05) is 35.8 Å². The minimum Gasteiger partial charge on any atom is -0.508 e. The van der Waals surface area contributed by atoms with Gasteiger partial charge in [0.25, 0.3) is 0 Å². The number of alkyl halides is 1. The fourth-order valence-electron chi connectivity index (χ4n) is 6.49. The van der Waals surface area contributed by atoms with Crippen LogP contribution in [-0.4, -0.2) is 150 Å². The molecule has 502 valence electrons. The summed E-state index contributed by atoms with van der Waals surface area (Å²) in [7, 11) is 10.8. The largest absolute Gasteiger partial charge is 0.508 e. The Morgan fingerprint density at radius 1 is 0.559 bits per heavy atom. The topological polar surface area (TPSA) is 301 Å². The van der Waals surface area contributed by atoms with Crippen LogP contribution >= 0.6 is 31.9 Å². The van der Waals surface area contributed by atoms with Gasteiger partial charge in [-0.05, 0) is 172 Å². The van der Waals surface area contributed by atoms with Crippen molar-refractivity contribution >= 4 is 71.9 Å². The van der Waals surface area contributed by atoms with E-state index in [9.17, 15) is 22.8 Å². The van der Waals surface area contributed by atoms with Crippen LogP contribution in [0.25, 0.3) is 34.2 Å². The molecule has 4 aromatic heterocycles. The summed E-state index contributed by atoms with van der Waals surface area (Å²) in [6.07, 6.45) is 9.01. The van der Waals surface area contributed by atoms with Gasteiger partial charge in [0.05, 0.1) is 19.0 Å². The number of rotatable bonds is 18. The number of hydrogen-bond acceptors (Lipinski definition) is 19. The number of esters is 2. The number of phenols is 2. The number of aromatic nitrogens is 12. The number of ether oxygens (including phenoxy) is 4. The predicted octanol–water partition coefficient (Wildman–Crippen LogP) is 8.59. The summed E-state index contributed by atoms with van der Waals surface area (Å²) >= 11 is 6.22. The second-order valence-electron chi connectivity index (χ2n) is 20.9. The molecule has 8 rings (SSSR count). The number of carbonyl (C=O) groups is 2. The van der Waals surface area contributed by atoms with Crippen molar-refractivity contribution in [2.45, 2.75) is 78.4 Å². The van der Waals surface area contributed by atoms with E-state index in [0.29, 0.717) is 86.6 Å². The number of halogens is 5. The van der Waals surface area contributed by atoms with Gasteiger partial charge < -0.3 is 52.4 Å². The van der Waals surface area contributed by atoms with Crippen LogP contribution in [0, 0.1) is 7.43 Å². The van der Waals surface area contributed by atoms with Crippen molar-refractivity contribution in [3.8, 4) is 57.2 Å². The molecule has 32 heteroatoms. The Balaban J connectivity index is 0.00000113. The van der Waals surface area contributed by atoms with Crippen molar-refractivity contribution < 1.29 is 83.0 Å². The Labute approximate surface area is 575 Å². The summed E-state index contributed by atoms with van der Waals surface area (Å²) in [6, 6.07) is 27.0. The second kappa shape index (κ2) is 45.6. The monoisotopic (exact) mass is 1590 g/mol. The normalized spacial score (nSPS) is 10.9. The minimum absolute atomic E-state index is 0. The molecule has 0 bridgehead atoms. The van der Waals surface area contributed by atoms with Crippen molar-refractivity contribution in [2.75, 3.05) is 25.1 Å². The molecule has 0 fully saturated rings. The van der Waals surface area contributed by atoms with Crippen LogP contribution in [0.3, 0.4) is 0 Å². The third-order valence-corrected chi connectivity index (χ3v) is 11.9. The maximum atomic E-state index is 13.0. The fourth-order valence-corrected chi connectivity index (χ4v) is 7.24. The van der Waals surface area contributed by atoms with Crippen LogP contribution < -0.4 is 20.7 Å². The third-order valence-electron chi connectivity index (χ3n) is 10.8. The molecule has 0 aliphatic heterocycles.